The molecule has 0 unspecified atom stereocenters. The molecule has 3 amide bonds. The first-order valence-electron chi connectivity index (χ1n) is 13.6. The molecule has 1 aromatic heterocycles. The van der Waals surface area contributed by atoms with Gasteiger partial charge in [0.1, 0.15) is 12.2 Å². The van der Waals surface area contributed by atoms with Gasteiger partial charge < -0.3 is 24.6 Å². The first-order valence-corrected chi connectivity index (χ1v) is 13.6. The molecule has 0 radical (unpaired) electrons. The number of nitrogens with one attached hydrogen (secondary N) is 1. The molecule has 0 aliphatic carbocycles. The van der Waals surface area contributed by atoms with E-state index in [9.17, 15) is 36.3 Å². The number of hydrogen-bond acceptors (Lipinski definition) is 7. The van der Waals surface area contributed by atoms with Crippen molar-refractivity contribution in [3.05, 3.63) is 46.8 Å². The Hall–Kier alpha value is -3.88. The number of benzene rings is 1. The number of rotatable bonds is 6. The number of alkyl carbamates (subject to hydrolysis) is 1. The zero-order valence-corrected chi connectivity index (χ0v) is 24.1. The van der Waals surface area contributed by atoms with Crippen molar-refractivity contribution in [3.8, 4) is 11.4 Å². The van der Waals surface area contributed by atoms with Crippen molar-refractivity contribution >= 4 is 17.9 Å². The minimum absolute atomic E-state index is 0.0252. The topological polar surface area (TPSA) is 114 Å². The minimum Gasteiger partial charge on any atom is -0.444 e. The Labute approximate surface area is 244 Å². The van der Waals surface area contributed by atoms with Crippen molar-refractivity contribution in [2.75, 3.05) is 26.2 Å². The maximum atomic E-state index is 14.0. The van der Waals surface area contributed by atoms with E-state index < -0.39 is 53.0 Å². The Balaban J connectivity index is 1.58. The predicted molar refractivity (Wildman–Crippen MR) is 141 cm³/mol. The van der Waals surface area contributed by atoms with Gasteiger partial charge in [0.2, 0.25) is 11.8 Å². The molecule has 1 aromatic carbocycles. The number of nitrogens with zero attached hydrogens (tertiary/aromatic N) is 4. The van der Waals surface area contributed by atoms with Gasteiger partial charge in [0.15, 0.2) is 23.2 Å². The molecule has 2 atom stereocenters. The molecule has 0 bridgehead atoms. The number of carbonyl (C=O) groups excluding carboxylic acids is 3. The van der Waals surface area contributed by atoms with Crippen LogP contribution in [0.25, 0.3) is 11.4 Å². The maximum Gasteiger partial charge on any atom is 0.433 e. The summed E-state index contributed by atoms with van der Waals surface area (Å²) in [5.41, 5.74) is -2.50. The first-order chi connectivity index (χ1) is 20.0. The van der Waals surface area contributed by atoms with Gasteiger partial charge in [0.25, 0.3) is 0 Å². The number of halogens is 5. The molecule has 1 fully saturated rings. The largest absolute Gasteiger partial charge is 0.444 e. The summed E-state index contributed by atoms with van der Waals surface area (Å²) in [5.74, 6) is -3.77. The van der Waals surface area contributed by atoms with Crippen LogP contribution in [0.4, 0.5) is 26.7 Å². The maximum absolute atomic E-state index is 14.0. The summed E-state index contributed by atoms with van der Waals surface area (Å²) >= 11 is 0. The number of amides is 3. The summed E-state index contributed by atoms with van der Waals surface area (Å²) in [7, 11) is 0. The van der Waals surface area contributed by atoms with Gasteiger partial charge in [-0.05, 0) is 52.3 Å². The van der Waals surface area contributed by atoms with Crippen LogP contribution in [-0.2, 0) is 38.2 Å². The van der Waals surface area contributed by atoms with E-state index >= 15 is 0 Å². The van der Waals surface area contributed by atoms with E-state index in [0.717, 1.165) is 12.1 Å². The summed E-state index contributed by atoms with van der Waals surface area (Å²) in [6.07, 6.45) is -6.43. The highest BCUT2D eigenvalue weighted by Crippen LogP contribution is 2.35. The lowest BCUT2D eigenvalue weighted by atomic mass is 10.0. The molecular formula is C28H32F5N5O5. The van der Waals surface area contributed by atoms with Gasteiger partial charge in [-0.2, -0.15) is 13.2 Å². The van der Waals surface area contributed by atoms with Gasteiger partial charge in [-0.15, -0.1) is 0 Å². The SMILES string of the molecule is C[C@H]1CN(C[C@H](CC(=O)N2CCc3c(nc(-c4ccc(F)c(F)c4)nc3C(F)(F)F)C2)NC(=O)OC(C)(C)C)C(=O)CO1. The lowest BCUT2D eigenvalue weighted by Crippen LogP contribution is -2.53. The molecule has 0 spiro atoms. The van der Waals surface area contributed by atoms with Crippen molar-refractivity contribution in [2.45, 2.75) is 71.0 Å². The van der Waals surface area contributed by atoms with Gasteiger partial charge >= 0.3 is 12.3 Å². The normalized spacial score (nSPS) is 18.3. The van der Waals surface area contributed by atoms with Crippen molar-refractivity contribution in [1.29, 1.82) is 0 Å². The average molecular weight is 614 g/mol. The van der Waals surface area contributed by atoms with E-state index in [2.05, 4.69) is 15.3 Å². The Morgan fingerprint density at radius 2 is 1.88 bits per heavy atom. The highest BCUT2D eigenvalue weighted by atomic mass is 19.4. The number of morpholine rings is 1. The monoisotopic (exact) mass is 613 g/mol. The first kappa shape index (κ1) is 32.0. The molecule has 4 rings (SSSR count). The van der Waals surface area contributed by atoms with Crippen LogP contribution in [-0.4, -0.2) is 81.7 Å². The third kappa shape index (κ3) is 8.15. The summed E-state index contributed by atoms with van der Waals surface area (Å²) in [6, 6.07) is 1.64. The van der Waals surface area contributed by atoms with Crippen LogP contribution in [0.1, 0.15) is 51.1 Å². The Kier molecular flexibility index (Phi) is 9.23. The zero-order chi connectivity index (χ0) is 31.7. The van der Waals surface area contributed by atoms with Crippen LogP contribution in [0, 0.1) is 11.6 Å². The van der Waals surface area contributed by atoms with Crippen molar-refractivity contribution in [2.24, 2.45) is 0 Å². The summed E-state index contributed by atoms with van der Waals surface area (Å²) in [4.78, 5) is 49.0. The summed E-state index contributed by atoms with van der Waals surface area (Å²) in [5, 5.41) is 2.63. The average Bonchev–Trinajstić information content (AvgIpc) is 2.89. The van der Waals surface area contributed by atoms with Gasteiger partial charge in [-0.25, -0.2) is 23.5 Å². The van der Waals surface area contributed by atoms with Gasteiger partial charge in [0.05, 0.1) is 24.4 Å². The van der Waals surface area contributed by atoms with Crippen LogP contribution in [0.15, 0.2) is 18.2 Å². The molecule has 3 heterocycles. The van der Waals surface area contributed by atoms with Gasteiger partial charge in [0, 0.05) is 37.2 Å². The summed E-state index contributed by atoms with van der Waals surface area (Å²) in [6.45, 7) is 6.42. The molecule has 10 nitrogen and oxygen atoms in total. The van der Waals surface area contributed by atoms with Crippen LogP contribution < -0.4 is 5.32 Å². The number of ether oxygens (including phenoxy) is 2. The molecule has 1 saturated heterocycles. The Bertz CT molecular complexity index is 1400. The van der Waals surface area contributed by atoms with E-state index in [1.54, 1.807) is 27.7 Å². The lowest BCUT2D eigenvalue weighted by molar-refractivity contribution is -0.149. The van der Waals surface area contributed by atoms with E-state index in [0.29, 0.717) is 6.07 Å². The number of fused-ring (bicyclic) bond motifs is 1. The molecule has 43 heavy (non-hydrogen) atoms. The second-order valence-corrected chi connectivity index (χ2v) is 11.5. The molecule has 234 valence electrons. The van der Waals surface area contributed by atoms with Crippen molar-refractivity contribution in [1.82, 2.24) is 25.1 Å². The second kappa shape index (κ2) is 12.4. The van der Waals surface area contributed by atoms with E-state index in [1.807, 2.05) is 0 Å². The van der Waals surface area contributed by atoms with Crippen LogP contribution >= 0.6 is 0 Å². The summed E-state index contributed by atoms with van der Waals surface area (Å²) < 4.78 is 79.8. The van der Waals surface area contributed by atoms with E-state index in [-0.39, 0.29) is 74.5 Å². The Morgan fingerprint density at radius 3 is 2.53 bits per heavy atom. The lowest BCUT2D eigenvalue weighted by Gasteiger charge is -2.35. The highest BCUT2D eigenvalue weighted by Gasteiger charge is 2.40. The minimum atomic E-state index is -4.86. The molecule has 2 aromatic rings. The number of hydrogen-bond donors (Lipinski definition) is 1. The van der Waals surface area contributed by atoms with Gasteiger partial charge in [-0.3, -0.25) is 9.59 Å². The Morgan fingerprint density at radius 1 is 1.16 bits per heavy atom. The molecule has 2 aliphatic rings. The number of aromatic nitrogens is 2. The molecule has 15 heteroatoms. The van der Waals surface area contributed by atoms with Gasteiger partial charge in [-0.1, -0.05) is 0 Å². The zero-order valence-electron chi connectivity index (χ0n) is 24.1. The number of carbonyl (C=O) groups is 3. The predicted octanol–water partition coefficient (Wildman–Crippen LogP) is 3.86. The van der Waals surface area contributed by atoms with E-state index in [1.165, 1.54) is 9.80 Å². The van der Waals surface area contributed by atoms with Crippen molar-refractivity contribution in [3.63, 3.8) is 0 Å². The van der Waals surface area contributed by atoms with E-state index in [4.69, 9.17) is 9.47 Å². The fraction of sp³-hybridized carbons (Fsp3) is 0.536. The highest BCUT2D eigenvalue weighted by molar-refractivity contribution is 5.80. The second-order valence-electron chi connectivity index (χ2n) is 11.5. The standard InChI is InChI=1S/C28H32F5N5O5/c1-15-11-38(23(40)14-42-15)12-17(34-26(41)43-27(2,3)4)10-22(39)37-8-7-18-21(13-37)35-25(36-24(18)28(31,32)33)16-5-6-19(29)20(30)9-16/h5-6,9,15,17H,7-8,10-14H2,1-4H3,(H,34,41)/t15-,17-/m0/s1. The smallest absolute Gasteiger partial charge is 0.433 e. The fourth-order valence-corrected chi connectivity index (χ4v) is 4.83. The third-order valence-electron chi connectivity index (χ3n) is 6.77. The van der Waals surface area contributed by atoms with Crippen LogP contribution in [0.5, 0.6) is 0 Å². The third-order valence-corrected chi connectivity index (χ3v) is 6.77. The molecule has 0 saturated carbocycles. The quantitative estimate of drug-likeness (QED) is 0.493. The van der Waals surface area contributed by atoms with Crippen LogP contribution in [0.2, 0.25) is 0 Å². The molecule has 2 aliphatic heterocycles. The molecule has 1 N–H and O–H groups in total. The van der Waals surface area contributed by atoms with Crippen LogP contribution in [0.3, 0.4) is 0 Å². The molecular weight excluding hydrogens is 581 g/mol. The van der Waals surface area contributed by atoms with Crippen molar-refractivity contribution < 1.29 is 45.8 Å². The number of alkyl halides is 3. The fourth-order valence-electron chi connectivity index (χ4n) is 4.83.